The summed E-state index contributed by atoms with van der Waals surface area (Å²) in [5, 5.41) is 3.41. The van der Waals surface area contributed by atoms with Crippen LogP contribution in [0.3, 0.4) is 0 Å². The highest BCUT2D eigenvalue weighted by molar-refractivity contribution is 5.75. The van der Waals surface area contributed by atoms with Gasteiger partial charge in [-0.25, -0.2) is 0 Å². The van der Waals surface area contributed by atoms with Gasteiger partial charge < -0.3 is 15.0 Å². The van der Waals surface area contributed by atoms with Crippen molar-refractivity contribution in [1.29, 1.82) is 0 Å². The Morgan fingerprint density at radius 2 is 2.05 bits per heavy atom. The number of ether oxygens (including phenoxy) is 1. The lowest BCUT2D eigenvalue weighted by atomic mass is 10.2. The second kappa shape index (κ2) is 8.11. The van der Waals surface area contributed by atoms with E-state index in [2.05, 4.69) is 29.0 Å². The number of carbonyl (C=O) groups is 1. The first-order valence-corrected chi connectivity index (χ1v) is 8.48. The van der Waals surface area contributed by atoms with Crippen LogP contribution in [0.4, 0.5) is 0 Å². The van der Waals surface area contributed by atoms with Crippen molar-refractivity contribution >= 4 is 5.97 Å². The molecule has 5 nitrogen and oxygen atoms in total. The van der Waals surface area contributed by atoms with Crippen LogP contribution in [0.5, 0.6) is 0 Å². The lowest BCUT2D eigenvalue weighted by Crippen LogP contribution is -2.42. The predicted octanol–water partition coefficient (Wildman–Crippen LogP) is 1.09. The molecule has 0 bridgehead atoms. The van der Waals surface area contributed by atoms with E-state index in [0.717, 1.165) is 39.1 Å². The molecule has 122 valence electrons. The zero-order valence-corrected chi connectivity index (χ0v) is 13.8. The van der Waals surface area contributed by atoms with Gasteiger partial charge in [-0.3, -0.25) is 9.69 Å². The number of carbonyl (C=O) groups excluding carboxylic acids is 1. The van der Waals surface area contributed by atoms with Crippen LogP contribution in [0.25, 0.3) is 0 Å². The van der Waals surface area contributed by atoms with E-state index in [-0.39, 0.29) is 12.0 Å². The zero-order valence-electron chi connectivity index (χ0n) is 13.8. The molecule has 0 amide bonds. The number of methoxy groups -OCH3 is 1. The first-order valence-electron chi connectivity index (χ1n) is 8.48. The summed E-state index contributed by atoms with van der Waals surface area (Å²) in [6.45, 7) is 10.00. The molecule has 0 spiro atoms. The van der Waals surface area contributed by atoms with E-state index in [0.29, 0.717) is 12.1 Å². The molecule has 1 aliphatic carbocycles. The molecule has 0 aromatic carbocycles. The number of hydrogen-bond donors (Lipinski definition) is 1. The first-order chi connectivity index (χ1) is 10.2. The average Bonchev–Trinajstić information content (AvgIpc) is 3.21. The van der Waals surface area contributed by atoms with Gasteiger partial charge in [-0.15, -0.1) is 0 Å². The molecule has 21 heavy (non-hydrogen) atoms. The molecule has 2 unspecified atom stereocenters. The minimum absolute atomic E-state index is 0.110. The molecule has 2 aliphatic rings. The minimum atomic E-state index is -0.130. The van der Waals surface area contributed by atoms with E-state index in [1.165, 1.54) is 26.4 Å². The Labute approximate surface area is 129 Å². The number of nitrogens with zero attached hydrogens (tertiary/aromatic N) is 2. The van der Waals surface area contributed by atoms with E-state index >= 15 is 0 Å². The first kappa shape index (κ1) is 16.7. The summed E-state index contributed by atoms with van der Waals surface area (Å²) in [6, 6.07) is 1.10. The summed E-state index contributed by atoms with van der Waals surface area (Å²) in [5.74, 6) is -0.110. The van der Waals surface area contributed by atoms with Crippen LogP contribution >= 0.6 is 0 Å². The molecule has 1 saturated carbocycles. The molecular weight excluding hydrogens is 266 g/mol. The van der Waals surface area contributed by atoms with Crippen LogP contribution in [0.15, 0.2) is 0 Å². The monoisotopic (exact) mass is 297 g/mol. The molecule has 2 fully saturated rings. The third kappa shape index (κ3) is 4.94. The van der Waals surface area contributed by atoms with Gasteiger partial charge in [0.05, 0.1) is 7.11 Å². The van der Waals surface area contributed by atoms with Crippen molar-refractivity contribution in [3.05, 3.63) is 0 Å². The molecule has 0 radical (unpaired) electrons. The maximum Gasteiger partial charge on any atom is 0.322 e. The molecule has 1 heterocycles. The van der Waals surface area contributed by atoms with Crippen LogP contribution < -0.4 is 5.32 Å². The Hall–Kier alpha value is -0.650. The maximum absolute atomic E-state index is 11.8. The third-order valence-electron chi connectivity index (χ3n) is 4.81. The van der Waals surface area contributed by atoms with Crippen molar-refractivity contribution in [1.82, 2.24) is 15.1 Å². The van der Waals surface area contributed by atoms with Gasteiger partial charge in [0.15, 0.2) is 0 Å². The number of likely N-dealkylation sites (tertiary alicyclic amines) is 1. The molecule has 0 aromatic rings. The highest BCUT2D eigenvalue weighted by Gasteiger charge is 2.31. The lowest BCUT2D eigenvalue weighted by molar-refractivity contribution is -0.143. The number of esters is 1. The summed E-state index contributed by atoms with van der Waals surface area (Å²) in [5.41, 5.74) is 0. The quantitative estimate of drug-likeness (QED) is 0.645. The summed E-state index contributed by atoms with van der Waals surface area (Å²) in [6.07, 6.45) is 4.50. The number of likely N-dealkylation sites (N-methyl/N-ethyl adjacent to an activating group) is 1. The molecule has 1 aliphatic heterocycles. The topological polar surface area (TPSA) is 44.8 Å². The van der Waals surface area contributed by atoms with Gasteiger partial charge in [-0.2, -0.15) is 0 Å². The molecular formula is C16H31N3O2. The molecule has 1 N–H and O–H groups in total. The van der Waals surface area contributed by atoms with Crippen LogP contribution in [0.2, 0.25) is 0 Å². The maximum atomic E-state index is 11.8. The fourth-order valence-corrected chi connectivity index (χ4v) is 3.31. The van der Waals surface area contributed by atoms with Crippen LogP contribution in [0, 0.1) is 0 Å². The summed E-state index contributed by atoms with van der Waals surface area (Å²) in [7, 11) is 1.48. The second-order valence-electron chi connectivity index (χ2n) is 6.27. The standard InChI is InChI=1S/C16H31N3O2/c1-4-19(5-2)14-8-10-18(12-14)11-9-15(16(20)21-3)17-13-6-7-13/h13-15,17H,4-12H2,1-3H3. The predicted molar refractivity (Wildman–Crippen MR) is 84.3 cm³/mol. The normalized spacial score (nSPS) is 24.5. The van der Waals surface area contributed by atoms with Crippen LogP contribution in [0.1, 0.15) is 39.5 Å². The Morgan fingerprint density at radius 3 is 2.62 bits per heavy atom. The van der Waals surface area contributed by atoms with E-state index in [1.807, 2.05) is 0 Å². The number of hydrogen-bond acceptors (Lipinski definition) is 5. The average molecular weight is 297 g/mol. The summed E-state index contributed by atoms with van der Waals surface area (Å²) in [4.78, 5) is 16.9. The number of rotatable bonds is 9. The van der Waals surface area contributed by atoms with E-state index < -0.39 is 0 Å². The van der Waals surface area contributed by atoms with Crippen molar-refractivity contribution in [2.75, 3.05) is 39.8 Å². The van der Waals surface area contributed by atoms with Gasteiger partial charge in [0, 0.05) is 25.2 Å². The highest BCUT2D eigenvalue weighted by atomic mass is 16.5. The Morgan fingerprint density at radius 1 is 1.33 bits per heavy atom. The summed E-state index contributed by atoms with van der Waals surface area (Å²) < 4.78 is 4.92. The van der Waals surface area contributed by atoms with E-state index in [1.54, 1.807) is 0 Å². The fourth-order valence-electron chi connectivity index (χ4n) is 3.31. The Balaban J connectivity index is 1.74. The van der Waals surface area contributed by atoms with Crippen molar-refractivity contribution in [2.45, 2.75) is 57.7 Å². The molecule has 2 atom stereocenters. The van der Waals surface area contributed by atoms with Crippen molar-refractivity contribution in [2.24, 2.45) is 0 Å². The van der Waals surface area contributed by atoms with Gasteiger partial charge >= 0.3 is 5.97 Å². The van der Waals surface area contributed by atoms with Crippen molar-refractivity contribution in [3.8, 4) is 0 Å². The Bertz CT molecular complexity index is 329. The van der Waals surface area contributed by atoms with Crippen LogP contribution in [-0.4, -0.2) is 73.7 Å². The second-order valence-corrected chi connectivity index (χ2v) is 6.27. The molecule has 2 rings (SSSR count). The fraction of sp³-hybridized carbons (Fsp3) is 0.938. The van der Waals surface area contributed by atoms with Crippen molar-refractivity contribution in [3.63, 3.8) is 0 Å². The van der Waals surface area contributed by atoms with Gasteiger partial charge in [0.2, 0.25) is 0 Å². The van der Waals surface area contributed by atoms with Gasteiger partial charge in [-0.05, 0) is 45.3 Å². The number of nitrogens with one attached hydrogen (secondary N) is 1. The molecule has 1 saturated heterocycles. The Kier molecular flexibility index (Phi) is 6.45. The van der Waals surface area contributed by atoms with Gasteiger partial charge in [0.25, 0.3) is 0 Å². The zero-order chi connectivity index (χ0) is 15.2. The smallest absolute Gasteiger partial charge is 0.322 e. The third-order valence-corrected chi connectivity index (χ3v) is 4.81. The lowest BCUT2D eigenvalue weighted by Gasteiger charge is -2.26. The van der Waals surface area contributed by atoms with Gasteiger partial charge in [-0.1, -0.05) is 13.8 Å². The molecule has 0 aromatic heterocycles. The SMILES string of the molecule is CCN(CC)C1CCN(CCC(NC2CC2)C(=O)OC)C1. The summed E-state index contributed by atoms with van der Waals surface area (Å²) >= 11 is 0. The van der Waals surface area contributed by atoms with Crippen molar-refractivity contribution < 1.29 is 9.53 Å². The highest BCUT2D eigenvalue weighted by Crippen LogP contribution is 2.21. The van der Waals surface area contributed by atoms with E-state index in [4.69, 9.17) is 4.74 Å². The molecule has 5 heteroatoms. The van der Waals surface area contributed by atoms with E-state index in [9.17, 15) is 4.79 Å². The largest absolute Gasteiger partial charge is 0.468 e. The minimum Gasteiger partial charge on any atom is -0.468 e. The van der Waals surface area contributed by atoms with Gasteiger partial charge in [0.1, 0.15) is 6.04 Å². The van der Waals surface area contributed by atoms with Crippen LogP contribution in [-0.2, 0) is 9.53 Å².